The molecular weight excluding hydrogens is 282 g/mol. The molecule has 0 unspecified atom stereocenters. The molecule has 4 heteroatoms. The number of hydrogen-bond donors (Lipinski definition) is 0. The summed E-state index contributed by atoms with van der Waals surface area (Å²) in [4.78, 5) is 4.59. The molecule has 2 aromatic rings. The summed E-state index contributed by atoms with van der Waals surface area (Å²) in [5.74, 6) is 1.82. The van der Waals surface area contributed by atoms with Crippen LogP contribution in [0.5, 0.6) is 0 Å². The van der Waals surface area contributed by atoms with Gasteiger partial charge in [-0.3, -0.25) is 0 Å². The molecule has 3 rings (SSSR count). The van der Waals surface area contributed by atoms with Gasteiger partial charge in [-0.2, -0.15) is 5.26 Å². The Hall–Kier alpha value is -1.53. The Morgan fingerprint density at radius 2 is 1.95 bits per heavy atom. The summed E-state index contributed by atoms with van der Waals surface area (Å²) in [6.45, 7) is 10.2. The first kappa shape index (κ1) is 14.4. The summed E-state index contributed by atoms with van der Waals surface area (Å²) < 4.78 is 2.20. The third-order valence-corrected chi connectivity index (χ3v) is 6.02. The molecular formula is C17H20ClN3. The highest BCUT2D eigenvalue weighted by molar-refractivity contribution is 6.16. The van der Waals surface area contributed by atoms with E-state index in [9.17, 15) is 5.26 Å². The summed E-state index contributed by atoms with van der Waals surface area (Å²) >= 11 is 6.08. The van der Waals surface area contributed by atoms with Crippen LogP contribution in [0, 0.1) is 28.1 Å². The molecule has 1 heterocycles. The predicted molar refractivity (Wildman–Crippen MR) is 85.1 cm³/mol. The van der Waals surface area contributed by atoms with Gasteiger partial charge in [0.15, 0.2) is 0 Å². The van der Waals surface area contributed by atoms with E-state index < -0.39 is 0 Å². The quantitative estimate of drug-likeness (QED) is 0.792. The first-order chi connectivity index (χ1) is 9.84. The van der Waals surface area contributed by atoms with E-state index in [0.29, 0.717) is 28.2 Å². The van der Waals surface area contributed by atoms with Crippen molar-refractivity contribution in [3.63, 3.8) is 0 Å². The van der Waals surface area contributed by atoms with E-state index in [2.05, 4.69) is 43.3 Å². The zero-order chi connectivity index (χ0) is 15.4. The minimum atomic E-state index is 0.319. The van der Waals surface area contributed by atoms with Gasteiger partial charge in [-0.15, -0.1) is 11.6 Å². The van der Waals surface area contributed by atoms with Crippen molar-refractivity contribution in [3.05, 3.63) is 29.6 Å². The maximum Gasteiger partial charge on any atom is 0.124 e. The minimum Gasteiger partial charge on any atom is -0.327 e. The number of nitriles is 1. The first-order valence-corrected chi connectivity index (χ1v) is 7.82. The molecule has 1 saturated carbocycles. The number of alkyl halides is 1. The molecule has 3 nitrogen and oxygen atoms in total. The second-order valence-electron chi connectivity index (χ2n) is 7.05. The van der Waals surface area contributed by atoms with Crippen LogP contribution in [0.3, 0.4) is 0 Å². The second kappa shape index (κ2) is 4.48. The van der Waals surface area contributed by atoms with Gasteiger partial charge in [0.05, 0.1) is 17.0 Å². The molecule has 21 heavy (non-hydrogen) atoms. The molecule has 0 atom stereocenters. The third kappa shape index (κ3) is 1.89. The number of nitrogens with zero attached hydrogens (tertiary/aromatic N) is 3. The molecule has 110 valence electrons. The van der Waals surface area contributed by atoms with Crippen molar-refractivity contribution in [2.24, 2.45) is 16.7 Å². The molecule has 0 N–H and O–H groups in total. The lowest BCUT2D eigenvalue weighted by Gasteiger charge is -2.09. The third-order valence-electron chi connectivity index (χ3n) is 5.78. The van der Waals surface area contributed by atoms with Gasteiger partial charge in [-0.1, -0.05) is 33.8 Å². The van der Waals surface area contributed by atoms with Crippen LogP contribution >= 0.6 is 11.6 Å². The van der Waals surface area contributed by atoms with Gasteiger partial charge in [0, 0.05) is 6.54 Å². The molecule has 1 aromatic heterocycles. The number of halogens is 1. The van der Waals surface area contributed by atoms with E-state index in [1.54, 1.807) is 0 Å². The standard InChI is InChI=1S/C17H20ClN3/c1-16(2)13(17(16,3)4)10-21-12-7-5-6-11(9-19)15(12)20-14(21)8-18/h5-7,13H,8,10H2,1-4H3. The van der Waals surface area contributed by atoms with Crippen LogP contribution in [0.2, 0.25) is 0 Å². The Balaban J connectivity index is 2.09. The fourth-order valence-corrected chi connectivity index (χ4v) is 3.77. The normalized spacial score (nSPS) is 19.6. The van der Waals surface area contributed by atoms with Gasteiger partial charge >= 0.3 is 0 Å². The Morgan fingerprint density at radius 1 is 1.29 bits per heavy atom. The minimum absolute atomic E-state index is 0.319. The summed E-state index contributed by atoms with van der Waals surface area (Å²) in [5.41, 5.74) is 3.04. The number of rotatable bonds is 3. The van der Waals surface area contributed by atoms with Crippen molar-refractivity contribution in [2.45, 2.75) is 40.1 Å². The predicted octanol–water partition coefficient (Wildman–Crippen LogP) is 4.33. The van der Waals surface area contributed by atoms with Crippen molar-refractivity contribution in [1.29, 1.82) is 5.26 Å². The lowest BCUT2D eigenvalue weighted by molar-refractivity contribution is 0.457. The van der Waals surface area contributed by atoms with Crippen LogP contribution in [-0.4, -0.2) is 9.55 Å². The molecule has 0 spiro atoms. The Labute approximate surface area is 130 Å². The number of hydrogen-bond acceptors (Lipinski definition) is 2. The summed E-state index contributed by atoms with van der Waals surface area (Å²) in [5, 5.41) is 9.24. The Bertz CT molecular complexity index is 735. The van der Waals surface area contributed by atoms with Crippen LogP contribution < -0.4 is 0 Å². The smallest absolute Gasteiger partial charge is 0.124 e. The van der Waals surface area contributed by atoms with Gasteiger partial charge in [0.25, 0.3) is 0 Å². The molecule has 0 amide bonds. The van der Waals surface area contributed by atoms with E-state index in [0.717, 1.165) is 23.4 Å². The summed E-state index contributed by atoms with van der Waals surface area (Å²) in [7, 11) is 0. The monoisotopic (exact) mass is 301 g/mol. The number of benzene rings is 1. The lowest BCUT2D eigenvalue weighted by atomic mass is 10.0. The highest BCUT2D eigenvalue weighted by Crippen LogP contribution is 2.69. The van der Waals surface area contributed by atoms with Crippen LogP contribution in [-0.2, 0) is 12.4 Å². The van der Waals surface area contributed by atoms with Gasteiger partial charge in [-0.25, -0.2) is 4.98 Å². The van der Waals surface area contributed by atoms with Crippen LogP contribution in [0.25, 0.3) is 11.0 Å². The lowest BCUT2D eigenvalue weighted by Crippen LogP contribution is -2.07. The fourth-order valence-electron chi connectivity index (χ4n) is 3.56. The van der Waals surface area contributed by atoms with Gasteiger partial charge in [-0.05, 0) is 28.9 Å². The molecule has 1 aliphatic carbocycles. The van der Waals surface area contributed by atoms with E-state index in [4.69, 9.17) is 11.6 Å². The molecule has 0 radical (unpaired) electrons. The average molecular weight is 302 g/mol. The maximum atomic E-state index is 9.24. The van der Waals surface area contributed by atoms with E-state index in [1.165, 1.54) is 0 Å². The second-order valence-corrected chi connectivity index (χ2v) is 7.32. The first-order valence-electron chi connectivity index (χ1n) is 7.28. The van der Waals surface area contributed by atoms with Gasteiger partial charge in [0.2, 0.25) is 0 Å². The summed E-state index contributed by atoms with van der Waals surface area (Å²) in [6, 6.07) is 7.97. The highest BCUT2D eigenvalue weighted by atomic mass is 35.5. The zero-order valence-corrected chi connectivity index (χ0v) is 13.7. The molecule has 1 aromatic carbocycles. The zero-order valence-electron chi connectivity index (χ0n) is 12.9. The van der Waals surface area contributed by atoms with Crippen molar-refractivity contribution in [2.75, 3.05) is 0 Å². The van der Waals surface area contributed by atoms with Crippen molar-refractivity contribution >= 4 is 22.6 Å². The highest BCUT2D eigenvalue weighted by Gasteiger charge is 2.64. The van der Waals surface area contributed by atoms with Crippen LogP contribution in [0.4, 0.5) is 0 Å². The van der Waals surface area contributed by atoms with Crippen LogP contribution in [0.15, 0.2) is 18.2 Å². The van der Waals surface area contributed by atoms with Gasteiger partial charge < -0.3 is 4.57 Å². The number of para-hydroxylation sites is 1. The Morgan fingerprint density at radius 3 is 2.48 bits per heavy atom. The van der Waals surface area contributed by atoms with E-state index in [1.807, 2.05) is 18.2 Å². The molecule has 1 aliphatic rings. The average Bonchev–Trinajstić information content (AvgIpc) is 2.76. The van der Waals surface area contributed by atoms with E-state index in [-0.39, 0.29) is 0 Å². The molecule has 0 bridgehead atoms. The van der Waals surface area contributed by atoms with Crippen molar-refractivity contribution in [3.8, 4) is 6.07 Å². The number of imidazole rings is 1. The van der Waals surface area contributed by atoms with Gasteiger partial charge in [0.1, 0.15) is 17.4 Å². The number of aromatic nitrogens is 2. The van der Waals surface area contributed by atoms with Crippen molar-refractivity contribution in [1.82, 2.24) is 9.55 Å². The SMILES string of the molecule is CC1(C)C(Cn2c(CCl)nc3c(C#N)cccc32)C1(C)C. The Kier molecular flexibility index (Phi) is 3.07. The topological polar surface area (TPSA) is 41.6 Å². The summed E-state index contributed by atoms with van der Waals surface area (Å²) in [6.07, 6.45) is 0. The molecule has 1 fully saturated rings. The van der Waals surface area contributed by atoms with Crippen LogP contribution in [0.1, 0.15) is 39.1 Å². The largest absolute Gasteiger partial charge is 0.327 e. The van der Waals surface area contributed by atoms with Crippen molar-refractivity contribution < 1.29 is 0 Å². The number of fused-ring (bicyclic) bond motifs is 1. The molecule has 0 aliphatic heterocycles. The van der Waals surface area contributed by atoms with E-state index >= 15 is 0 Å². The maximum absolute atomic E-state index is 9.24. The fraction of sp³-hybridized carbons (Fsp3) is 0.529. The molecule has 0 saturated heterocycles.